The summed E-state index contributed by atoms with van der Waals surface area (Å²) in [5, 5.41) is 0. The molecule has 1 saturated heterocycles. The predicted octanol–water partition coefficient (Wildman–Crippen LogP) is 3.16. The van der Waals surface area contributed by atoms with Crippen molar-refractivity contribution < 1.29 is 9.18 Å². The van der Waals surface area contributed by atoms with Crippen molar-refractivity contribution in [3.63, 3.8) is 0 Å². The van der Waals surface area contributed by atoms with Crippen molar-refractivity contribution in [2.75, 3.05) is 31.1 Å². The summed E-state index contributed by atoms with van der Waals surface area (Å²) in [4.78, 5) is 25.6. The standard InChI is InChI=1S/C21H25FN4O/c1-15-13-17(5-6-19(15)22)18(16-3-4-16)14-20(27)25-9-11-26(12-10-25)21-23-7-2-8-24-21/h2,5-8,13,16,18H,3-4,9-12,14H2,1H3. The molecular formula is C21H25FN4O. The molecule has 0 spiro atoms. The van der Waals surface area contributed by atoms with E-state index in [2.05, 4.69) is 14.9 Å². The van der Waals surface area contributed by atoms with Gasteiger partial charge in [-0.1, -0.05) is 12.1 Å². The second kappa shape index (κ2) is 7.62. The van der Waals surface area contributed by atoms with Crippen LogP contribution in [0.4, 0.5) is 10.3 Å². The molecule has 5 nitrogen and oxygen atoms in total. The van der Waals surface area contributed by atoms with E-state index in [9.17, 15) is 9.18 Å². The van der Waals surface area contributed by atoms with Crippen LogP contribution in [-0.4, -0.2) is 47.0 Å². The molecule has 1 unspecified atom stereocenters. The maximum atomic E-state index is 13.6. The molecule has 2 aliphatic rings. The lowest BCUT2D eigenvalue weighted by molar-refractivity contribution is -0.132. The quantitative estimate of drug-likeness (QED) is 0.813. The van der Waals surface area contributed by atoms with Gasteiger partial charge in [-0.15, -0.1) is 0 Å². The molecule has 27 heavy (non-hydrogen) atoms. The van der Waals surface area contributed by atoms with E-state index in [1.54, 1.807) is 25.4 Å². The fourth-order valence-corrected chi connectivity index (χ4v) is 3.88. The molecule has 1 aliphatic carbocycles. The Morgan fingerprint density at radius 2 is 1.89 bits per heavy atom. The minimum Gasteiger partial charge on any atom is -0.339 e. The number of nitrogens with zero attached hydrogens (tertiary/aromatic N) is 4. The van der Waals surface area contributed by atoms with Crippen LogP contribution < -0.4 is 4.90 Å². The summed E-state index contributed by atoms with van der Waals surface area (Å²) in [6.07, 6.45) is 6.31. The van der Waals surface area contributed by atoms with Crippen LogP contribution in [0.25, 0.3) is 0 Å². The van der Waals surface area contributed by atoms with Gasteiger partial charge in [0.25, 0.3) is 0 Å². The van der Waals surface area contributed by atoms with Crippen molar-refractivity contribution in [3.05, 3.63) is 53.6 Å². The molecule has 1 amide bonds. The van der Waals surface area contributed by atoms with E-state index in [0.717, 1.165) is 37.4 Å². The Hall–Kier alpha value is -2.50. The van der Waals surface area contributed by atoms with Gasteiger partial charge in [-0.25, -0.2) is 14.4 Å². The lowest BCUT2D eigenvalue weighted by Gasteiger charge is -2.35. The maximum Gasteiger partial charge on any atom is 0.225 e. The molecule has 2 fully saturated rings. The number of halogens is 1. The number of aryl methyl sites for hydroxylation is 1. The fourth-order valence-electron chi connectivity index (χ4n) is 3.88. The van der Waals surface area contributed by atoms with E-state index >= 15 is 0 Å². The van der Waals surface area contributed by atoms with Crippen molar-refractivity contribution in [3.8, 4) is 0 Å². The Balaban J connectivity index is 1.38. The van der Waals surface area contributed by atoms with Crippen molar-refractivity contribution in [2.45, 2.75) is 32.1 Å². The lowest BCUT2D eigenvalue weighted by atomic mass is 9.89. The van der Waals surface area contributed by atoms with Gasteiger partial charge in [-0.3, -0.25) is 4.79 Å². The van der Waals surface area contributed by atoms with Crippen LogP contribution in [0, 0.1) is 18.7 Å². The van der Waals surface area contributed by atoms with Gasteiger partial charge in [0.05, 0.1) is 0 Å². The predicted molar refractivity (Wildman–Crippen MR) is 102 cm³/mol. The van der Waals surface area contributed by atoms with Gasteiger partial charge in [0.1, 0.15) is 5.82 Å². The van der Waals surface area contributed by atoms with Crippen LogP contribution in [0.2, 0.25) is 0 Å². The monoisotopic (exact) mass is 368 g/mol. The van der Waals surface area contributed by atoms with Crippen LogP contribution in [0.1, 0.15) is 36.3 Å². The van der Waals surface area contributed by atoms with Crippen LogP contribution in [0.5, 0.6) is 0 Å². The van der Waals surface area contributed by atoms with Gasteiger partial charge in [-0.05, 0) is 54.9 Å². The number of hydrogen-bond donors (Lipinski definition) is 0. The maximum absolute atomic E-state index is 13.6. The molecule has 0 N–H and O–H groups in total. The number of rotatable bonds is 5. The third kappa shape index (κ3) is 4.10. The Bertz CT molecular complexity index is 801. The highest BCUT2D eigenvalue weighted by Gasteiger charge is 2.35. The van der Waals surface area contributed by atoms with E-state index in [1.807, 2.05) is 17.0 Å². The van der Waals surface area contributed by atoms with E-state index in [0.29, 0.717) is 31.0 Å². The Labute approximate surface area is 159 Å². The second-order valence-corrected chi connectivity index (χ2v) is 7.57. The van der Waals surface area contributed by atoms with Crippen LogP contribution in [0.15, 0.2) is 36.7 Å². The van der Waals surface area contributed by atoms with E-state index in [-0.39, 0.29) is 17.6 Å². The zero-order valence-electron chi connectivity index (χ0n) is 15.6. The Morgan fingerprint density at radius 3 is 2.52 bits per heavy atom. The summed E-state index contributed by atoms with van der Waals surface area (Å²) in [5.74, 6) is 1.49. The summed E-state index contributed by atoms with van der Waals surface area (Å²) in [7, 11) is 0. The molecule has 2 heterocycles. The molecule has 2 aromatic rings. The van der Waals surface area contributed by atoms with Gasteiger partial charge in [0, 0.05) is 45.0 Å². The first-order valence-corrected chi connectivity index (χ1v) is 9.67. The first-order chi connectivity index (χ1) is 13.1. The molecule has 0 radical (unpaired) electrons. The molecule has 4 rings (SSSR count). The van der Waals surface area contributed by atoms with Crippen molar-refractivity contribution in [2.24, 2.45) is 5.92 Å². The summed E-state index contributed by atoms with van der Waals surface area (Å²) in [5.41, 5.74) is 1.75. The normalized spacial score (nSPS) is 18.4. The topological polar surface area (TPSA) is 49.3 Å². The van der Waals surface area contributed by atoms with Gasteiger partial charge < -0.3 is 9.80 Å². The van der Waals surface area contributed by atoms with E-state index < -0.39 is 0 Å². The molecule has 1 aromatic heterocycles. The number of hydrogen-bond acceptors (Lipinski definition) is 4. The zero-order chi connectivity index (χ0) is 18.8. The lowest BCUT2D eigenvalue weighted by Crippen LogP contribution is -2.49. The van der Waals surface area contributed by atoms with Crippen LogP contribution in [-0.2, 0) is 4.79 Å². The average molecular weight is 368 g/mol. The van der Waals surface area contributed by atoms with E-state index in [1.165, 1.54) is 6.07 Å². The summed E-state index contributed by atoms with van der Waals surface area (Å²) >= 11 is 0. The number of anilines is 1. The SMILES string of the molecule is Cc1cc(C(CC(=O)N2CCN(c3ncccn3)CC2)C2CC2)ccc1F. The molecule has 142 valence electrons. The second-order valence-electron chi connectivity index (χ2n) is 7.57. The van der Waals surface area contributed by atoms with Crippen LogP contribution in [0.3, 0.4) is 0 Å². The average Bonchev–Trinajstić information content (AvgIpc) is 3.54. The van der Waals surface area contributed by atoms with Gasteiger partial charge in [0.2, 0.25) is 11.9 Å². The van der Waals surface area contributed by atoms with Gasteiger partial charge >= 0.3 is 0 Å². The molecule has 1 aliphatic heterocycles. The Kier molecular flexibility index (Phi) is 5.05. The highest BCUT2D eigenvalue weighted by Crippen LogP contribution is 2.45. The number of carbonyl (C=O) groups is 1. The number of aromatic nitrogens is 2. The molecule has 1 aromatic carbocycles. The molecule has 1 atom stereocenters. The van der Waals surface area contributed by atoms with E-state index in [4.69, 9.17) is 0 Å². The molecule has 6 heteroatoms. The number of benzene rings is 1. The highest BCUT2D eigenvalue weighted by atomic mass is 19.1. The minimum absolute atomic E-state index is 0.182. The third-order valence-corrected chi connectivity index (χ3v) is 5.66. The number of amides is 1. The number of carbonyl (C=O) groups excluding carboxylic acids is 1. The molecule has 0 bridgehead atoms. The van der Waals surface area contributed by atoms with Gasteiger partial charge in [0.15, 0.2) is 0 Å². The van der Waals surface area contributed by atoms with Gasteiger partial charge in [-0.2, -0.15) is 0 Å². The Morgan fingerprint density at radius 1 is 1.19 bits per heavy atom. The first-order valence-electron chi connectivity index (χ1n) is 9.67. The summed E-state index contributed by atoms with van der Waals surface area (Å²) in [6, 6.07) is 7.10. The smallest absolute Gasteiger partial charge is 0.225 e. The molecule has 1 saturated carbocycles. The summed E-state index contributed by atoms with van der Waals surface area (Å²) < 4.78 is 13.6. The molecular weight excluding hydrogens is 343 g/mol. The van der Waals surface area contributed by atoms with Crippen molar-refractivity contribution in [1.82, 2.24) is 14.9 Å². The highest BCUT2D eigenvalue weighted by molar-refractivity contribution is 5.77. The third-order valence-electron chi connectivity index (χ3n) is 5.66. The fraction of sp³-hybridized carbons (Fsp3) is 0.476. The zero-order valence-corrected chi connectivity index (χ0v) is 15.6. The van der Waals surface area contributed by atoms with Crippen molar-refractivity contribution in [1.29, 1.82) is 0 Å². The summed E-state index contributed by atoms with van der Waals surface area (Å²) in [6.45, 7) is 4.67. The number of piperazine rings is 1. The minimum atomic E-state index is -0.182. The first kappa shape index (κ1) is 17.9. The van der Waals surface area contributed by atoms with Crippen LogP contribution >= 0.6 is 0 Å². The van der Waals surface area contributed by atoms with Crippen molar-refractivity contribution >= 4 is 11.9 Å². The largest absolute Gasteiger partial charge is 0.339 e.